The summed E-state index contributed by atoms with van der Waals surface area (Å²) >= 11 is 0. The van der Waals surface area contributed by atoms with Crippen LogP contribution >= 0.6 is 0 Å². The van der Waals surface area contributed by atoms with Gasteiger partial charge in [-0.05, 0) is 47.7 Å². The summed E-state index contributed by atoms with van der Waals surface area (Å²) in [5.74, 6) is -0.675. The van der Waals surface area contributed by atoms with Gasteiger partial charge in [0.15, 0.2) is 9.84 Å². The number of benzene rings is 2. The van der Waals surface area contributed by atoms with Gasteiger partial charge in [-0.2, -0.15) is 0 Å². The van der Waals surface area contributed by atoms with E-state index in [0.29, 0.717) is 30.9 Å². The van der Waals surface area contributed by atoms with E-state index in [0.717, 1.165) is 28.3 Å². The van der Waals surface area contributed by atoms with Gasteiger partial charge in [0, 0.05) is 42.0 Å². The van der Waals surface area contributed by atoms with Gasteiger partial charge in [-0.1, -0.05) is 57.2 Å². The van der Waals surface area contributed by atoms with Crippen molar-refractivity contribution in [1.29, 1.82) is 0 Å². The zero-order valence-corrected chi connectivity index (χ0v) is 25.9. The fourth-order valence-electron chi connectivity index (χ4n) is 6.14. The maximum absolute atomic E-state index is 13.9. The third kappa shape index (κ3) is 5.59. The van der Waals surface area contributed by atoms with E-state index < -0.39 is 21.3 Å². The minimum Gasteiger partial charge on any atom is -0.351 e. The van der Waals surface area contributed by atoms with Gasteiger partial charge in [0.1, 0.15) is 17.4 Å². The average Bonchev–Trinajstić information content (AvgIpc) is 3.73. The molecule has 0 radical (unpaired) electrons. The molecule has 2 aromatic carbocycles. The van der Waals surface area contributed by atoms with Gasteiger partial charge in [-0.25, -0.2) is 8.42 Å². The van der Waals surface area contributed by atoms with Crippen molar-refractivity contribution >= 4 is 38.5 Å². The van der Waals surface area contributed by atoms with Crippen molar-refractivity contribution in [3.05, 3.63) is 84.3 Å². The van der Waals surface area contributed by atoms with Crippen molar-refractivity contribution in [3.8, 4) is 11.1 Å². The molecule has 0 spiro atoms. The highest BCUT2D eigenvalue weighted by Gasteiger charge is 2.50. The largest absolute Gasteiger partial charge is 0.351 e. The molecule has 6 rings (SSSR count). The first-order chi connectivity index (χ1) is 20.8. The Hall–Kier alpha value is -4.51. The first-order valence-corrected chi connectivity index (χ1v) is 16.5. The standard InChI is InChI=1S/C33H35N5O5S/c1-33(2,3)29(36-30(39)28-15-21-7-5-6-8-26(21)35-28)32(41)38-19-23-16-24(38)18-37(23)31(40)27-14-11-22(17-34-27)20-9-12-25(13-10-20)44(4,42)43/h5-15,17,23-24,29,35H,16,18-19H2,1-4H3,(H,36,39)/t23-,24-,29+/m0/s1. The average molecular weight is 614 g/mol. The first kappa shape index (κ1) is 29.6. The van der Waals surface area contributed by atoms with Gasteiger partial charge in [0.2, 0.25) is 5.91 Å². The van der Waals surface area contributed by atoms with Crippen LogP contribution in [-0.2, 0) is 14.6 Å². The van der Waals surface area contributed by atoms with Crippen molar-refractivity contribution in [3.63, 3.8) is 0 Å². The van der Waals surface area contributed by atoms with Crippen LogP contribution in [0.2, 0.25) is 0 Å². The summed E-state index contributed by atoms with van der Waals surface area (Å²) in [6, 6.07) is 18.4. The highest BCUT2D eigenvalue weighted by molar-refractivity contribution is 7.90. The number of aromatic nitrogens is 2. The molecule has 2 aromatic heterocycles. The Labute approximate surface area is 256 Å². The summed E-state index contributed by atoms with van der Waals surface area (Å²) in [7, 11) is -3.29. The van der Waals surface area contributed by atoms with E-state index >= 15 is 0 Å². The van der Waals surface area contributed by atoms with Crippen LogP contribution in [0, 0.1) is 5.41 Å². The van der Waals surface area contributed by atoms with Gasteiger partial charge in [-0.3, -0.25) is 19.4 Å². The fourth-order valence-corrected chi connectivity index (χ4v) is 6.77. The van der Waals surface area contributed by atoms with E-state index in [4.69, 9.17) is 0 Å². The Morgan fingerprint density at radius 2 is 1.59 bits per heavy atom. The molecule has 2 aliphatic rings. The number of amides is 3. The molecule has 0 saturated carbocycles. The number of piperazine rings is 1. The predicted molar refractivity (Wildman–Crippen MR) is 167 cm³/mol. The van der Waals surface area contributed by atoms with Crippen LogP contribution in [0.25, 0.3) is 22.0 Å². The molecule has 2 bridgehead atoms. The van der Waals surface area contributed by atoms with Gasteiger partial charge < -0.3 is 20.1 Å². The summed E-state index contributed by atoms with van der Waals surface area (Å²) in [6.45, 7) is 6.59. The number of nitrogens with zero attached hydrogens (tertiary/aromatic N) is 3. The molecular formula is C33H35N5O5S. The second-order valence-corrected chi connectivity index (χ2v) is 14.8. The molecule has 2 saturated heterocycles. The van der Waals surface area contributed by atoms with Crippen molar-refractivity contribution in [2.45, 2.75) is 50.2 Å². The van der Waals surface area contributed by atoms with Crippen molar-refractivity contribution in [1.82, 2.24) is 25.1 Å². The van der Waals surface area contributed by atoms with Crippen molar-refractivity contribution in [2.75, 3.05) is 19.3 Å². The van der Waals surface area contributed by atoms with Crippen molar-refractivity contribution < 1.29 is 22.8 Å². The van der Waals surface area contributed by atoms with E-state index in [1.165, 1.54) is 0 Å². The summed E-state index contributed by atoms with van der Waals surface area (Å²) in [4.78, 5) is 51.9. The molecule has 0 unspecified atom stereocenters. The summed E-state index contributed by atoms with van der Waals surface area (Å²) < 4.78 is 23.5. The number of hydrogen-bond acceptors (Lipinski definition) is 6. The monoisotopic (exact) mass is 613 g/mol. The Kier molecular flexibility index (Phi) is 7.31. The number of aromatic amines is 1. The molecule has 3 amide bonds. The lowest BCUT2D eigenvalue weighted by molar-refractivity contribution is -0.138. The molecule has 3 atom stereocenters. The number of fused-ring (bicyclic) bond motifs is 3. The number of sulfone groups is 1. The molecule has 228 valence electrons. The van der Waals surface area contributed by atoms with Crippen LogP contribution in [0.5, 0.6) is 0 Å². The summed E-state index contributed by atoms with van der Waals surface area (Å²) in [5, 5.41) is 3.90. The number of pyridine rings is 1. The fraction of sp³-hybridized carbons (Fsp3) is 0.333. The number of carbonyl (C=O) groups excluding carboxylic acids is 3. The van der Waals surface area contributed by atoms with Gasteiger partial charge in [0.25, 0.3) is 11.8 Å². The molecule has 2 aliphatic heterocycles. The maximum atomic E-state index is 13.9. The lowest BCUT2D eigenvalue weighted by Gasteiger charge is -2.39. The number of carbonyl (C=O) groups is 3. The topological polar surface area (TPSA) is 133 Å². The van der Waals surface area contributed by atoms with Crippen LogP contribution in [0.1, 0.15) is 48.2 Å². The predicted octanol–water partition coefficient (Wildman–Crippen LogP) is 3.90. The summed E-state index contributed by atoms with van der Waals surface area (Å²) in [6.07, 6.45) is 3.45. The van der Waals surface area contributed by atoms with Crippen LogP contribution in [0.4, 0.5) is 0 Å². The highest BCUT2D eigenvalue weighted by atomic mass is 32.2. The molecule has 11 heteroatoms. The Balaban J connectivity index is 1.11. The Bertz CT molecular complexity index is 1830. The molecule has 0 aliphatic carbocycles. The Morgan fingerprint density at radius 1 is 0.932 bits per heavy atom. The van der Waals surface area contributed by atoms with Crippen molar-refractivity contribution in [2.24, 2.45) is 5.41 Å². The van der Waals surface area contributed by atoms with Gasteiger partial charge in [0.05, 0.1) is 17.0 Å². The molecule has 44 heavy (non-hydrogen) atoms. The number of rotatable bonds is 6. The van der Waals surface area contributed by atoms with Crippen LogP contribution in [0.3, 0.4) is 0 Å². The molecule has 4 aromatic rings. The second-order valence-electron chi connectivity index (χ2n) is 12.8. The Morgan fingerprint density at radius 3 is 2.18 bits per heavy atom. The second kappa shape index (κ2) is 10.9. The lowest BCUT2D eigenvalue weighted by Crippen LogP contribution is -2.59. The SMILES string of the molecule is CC(C)(C)[C@H](NC(=O)c1cc2ccccc2[nH]1)C(=O)N1C[C@@H]2C[C@H]1CN2C(=O)c1ccc(-c2ccc(S(C)(=O)=O)cc2)cn1. The number of nitrogens with one attached hydrogen (secondary N) is 2. The molecular weight excluding hydrogens is 578 g/mol. The minimum absolute atomic E-state index is 0.133. The summed E-state index contributed by atoms with van der Waals surface area (Å²) in [5.41, 5.74) is 2.59. The van der Waals surface area contributed by atoms with E-state index in [9.17, 15) is 22.8 Å². The van der Waals surface area contributed by atoms with Crippen LogP contribution in [-0.4, -0.2) is 83.4 Å². The first-order valence-electron chi connectivity index (χ1n) is 14.6. The lowest BCUT2D eigenvalue weighted by atomic mass is 9.85. The van der Waals surface area contributed by atoms with Crippen LogP contribution < -0.4 is 5.32 Å². The number of likely N-dealkylation sites (tertiary alicyclic amines) is 2. The third-order valence-electron chi connectivity index (χ3n) is 8.55. The normalized spacial score (nSPS) is 18.9. The minimum atomic E-state index is -3.29. The third-order valence-corrected chi connectivity index (χ3v) is 9.67. The van der Waals surface area contributed by atoms with E-state index in [1.807, 2.05) is 49.9 Å². The smallest absolute Gasteiger partial charge is 0.272 e. The molecule has 2 N–H and O–H groups in total. The van der Waals surface area contributed by atoms with Gasteiger partial charge >= 0.3 is 0 Å². The van der Waals surface area contributed by atoms with E-state index in [-0.39, 0.29) is 34.7 Å². The highest BCUT2D eigenvalue weighted by Crippen LogP contribution is 2.34. The van der Waals surface area contributed by atoms with Crippen LogP contribution in [0.15, 0.2) is 77.8 Å². The number of hydrogen-bond donors (Lipinski definition) is 2. The number of H-pyrrole nitrogens is 1. The van der Waals surface area contributed by atoms with Gasteiger partial charge in [-0.15, -0.1) is 0 Å². The molecule has 10 nitrogen and oxygen atoms in total. The maximum Gasteiger partial charge on any atom is 0.272 e. The molecule has 4 heterocycles. The zero-order valence-electron chi connectivity index (χ0n) is 25.1. The van der Waals surface area contributed by atoms with E-state index in [1.54, 1.807) is 53.6 Å². The molecule has 2 fully saturated rings. The quantitative estimate of drug-likeness (QED) is 0.339. The zero-order chi connectivity index (χ0) is 31.4. The van der Waals surface area contributed by atoms with E-state index in [2.05, 4.69) is 15.3 Å². The number of para-hydroxylation sites is 1.